The molecule has 1 aliphatic rings. The van der Waals surface area contributed by atoms with Gasteiger partial charge in [0.2, 0.25) is 5.91 Å². The van der Waals surface area contributed by atoms with Gasteiger partial charge in [0.15, 0.2) is 17.3 Å². The summed E-state index contributed by atoms with van der Waals surface area (Å²) < 4.78 is 6.05. The number of carbonyl (C=O) groups is 2. The van der Waals surface area contributed by atoms with Crippen LogP contribution in [0.2, 0.25) is 0 Å². The number of nitrogens with one attached hydrogen (secondary N) is 3. The summed E-state index contributed by atoms with van der Waals surface area (Å²) >= 11 is 0. The first-order valence-electron chi connectivity index (χ1n) is 9.07. The van der Waals surface area contributed by atoms with Crippen molar-refractivity contribution < 1.29 is 14.0 Å². The number of oxazole rings is 1. The summed E-state index contributed by atoms with van der Waals surface area (Å²) in [7, 11) is 0. The maximum atomic E-state index is 12.6. The zero-order chi connectivity index (χ0) is 19.2. The lowest BCUT2D eigenvalue weighted by molar-refractivity contribution is -0.114. The van der Waals surface area contributed by atoms with Gasteiger partial charge in [-0.05, 0) is 50.2 Å². The van der Waals surface area contributed by atoms with Crippen molar-refractivity contribution in [3.63, 3.8) is 0 Å². The number of nitrogens with zero attached hydrogens (tertiary/aromatic N) is 1. The third kappa shape index (κ3) is 4.62. The molecule has 7 nitrogen and oxygen atoms in total. The van der Waals surface area contributed by atoms with E-state index in [2.05, 4.69) is 27.5 Å². The average molecular weight is 368 g/mol. The molecule has 0 unspecified atom stereocenters. The molecule has 2 amide bonds. The molecular weight excluding hydrogens is 344 g/mol. The second-order valence-corrected chi connectivity index (χ2v) is 6.51. The van der Waals surface area contributed by atoms with Crippen LogP contribution in [0, 0.1) is 0 Å². The van der Waals surface area contributed by atoms with Gasteiger partial charge in [0.25, 0.3) is 5.91 Å². The largest absolute Gasteiger partial charge is 0.440 e. The van der Waals surface area contributed by atoms with Crippen molar-refractivity contribution in [3.8, 4) is 11.3 Å². The highest BCUT2D eigenvalue weighted by molar-refractivity contribution is 5.98. The van der Waals surface area contributed by atoms with Crippen LogP contribution in [0.25, 0.3) is 11.3 Å². The molecule has 3 N–H and O–H groups in total. The van der Waals surface area contributed by atoms with E-state index in [1.807, 2.05) is 12.1 Å². The molecular formula is C20H24N4O3. The summed E-state index contributed by atoms with van der Waals surface area (Å²) in [4.78, 5) is 28.3. The van der Waals surface area contributed by atoms with Crippen LogP contribution in [-0.4, -0.2) is 36.4 Å². The van der Waals surface area contributed by atoms with Gasteiger partial charge in [-0.15, -0.1) is 6.58 Å². The fraction of sp³-hybridized carbons (Fsp3) is 0.350. The number of hydrogen-bond donors (Lipinski definition) is 3. The van der Waals surface area contributed by atoms with E-state index in [0.29, 0.717) is 23.9 Å². The van der Waals surface area contributed by atoms with Crippen molar-refractivity contribution in [3.05, 3.63) is 48.5 Å². The second kappa shape index (κ2) is 8.64. The molecule has 0 aliphatic carbocycles. The van der Waals surface area contributed by atoms with Crippen LogP contribution in [0.3, 0.4) is 0 Å². The van der Waals surface area contributed by atoms with Crippen LogP contribution in [0.1, 0.15) is 42.1 Å². The molecule has 0 spiro atoms. The number of piperidine rings is 1. The summed E-state index contributed by atoms with van der Waals surface area (Å²) in [6.07, 6.45) is 3.47. The summed E-state index contributed by atoms with van der Waals surface area (Å²) in [6, 6.07) is 7.16. The quantitative estimate of drug-likeness (QED) is 0.681. The molecule has 7 heteroatoms. The smallest absolute Gasteiger partial charge is 0.274 e. The molecule has 0 saturated carbocycles. The highest BCUT2D eigenvalue weighted by Gasteiger charge is 2.26. The predicted molar refractivity (Wildman–Crippen MR) is 104 cm³/mol. The average Bonchev–Trinajstić information content (AvgIpc) is 3.12. The van der Waals surface area contributed by atoms with Gasteiger partial charge in [-0.25, -0.2) is 4.98 Å². The first kappa shape index (κ1) is 18.8. The number of hydrogen-bond acceptors (Lipinski definition) is 5. The topological polar surface area (TPSA) is 96.3 Å². The van der Waals surface area contributed by atoms with Crippen molar-refractivity contribution in [2.75, 3.05) is 25.0 Å². The molecule has 1 aromatic carbocycles. The van der Waals surface area contributed by atoms with Gasteiger partial charge in [0.05, 0.1) is 0 Å². The SMILES string of the molecule is C=CCNC(=O)c1nc(C2CCNCC2)oc1-c1ccc(NC(C)=O)cc1. The number of aromatic nitrogens is 1. The number of amides is 2. The van der Waals surface area contributed by atoms with Gasteiger partial charge in [0.1, 0.15) is 0 Å². The van der Waals surface area contributed by atoms with E-state index in [0.717, 1.165) is 31.5 Å². The Labute approximate surface area is 158 Å². The van der Waals surface area contributed by atoms with Gasteiger partial charge < -0.3 is 20.4 Å². The van der Waals surface area contributed by atoms with E-state index in [1.165, 1.54) is 6.92 Å². The Morgan fingerprint density at radius 1 is 1.30 bits per heavy atom. The number of rotatable bonds is 6. The maximum absolute atomic E-state index is 12.6. The number of carbonyl (C=O) groups excluding carboxylic acids is 2. The molecule has 3 rings (SSSR count). The van der Waals surface area contributed by atoms with Crippen LogP contribution >= 0.6 is 0 Å². The Morgan fingerprint density at radius 3 is 2.63 bits per heavy atom. The Hall–Kier alpha value is -2.93. The first-order chi connectivity index (χ1) is 13.1. The summed E-state index contributed by atoms with van der Waals surface area (Å²) in [5, 5.41) is 8.80. The van der Waals surface area contributed by atoms with Gasteiger partial charge in [0, 0.05) is 30.6 Å². The maximum Gasteiger partial charge on any atom is 0.274 e. The minimum Gasteiger partial charge on any atom is -0.440 e. The summed E-state index contributed by atoms with van der Waals surface area (Å²) in [5.74, 6) is 0.810. The zero-order valence-electron chi connectivity index (χ0n) is 15.4. The monoisotopic (exact) mass is 368 g/mol. The zero-order valence-corrected chi connectivity index (χ0v) is 15.4. The van der Waals surface area contributed by atoms with Crippen LogP contribution in [0.15, 0.2) is 41.3 Å². The highest BCUT2D eigenvalue weighted by Crippen LogP contribution is 2.32. The highest BCUT2D eigenvalue weighted by atomic mass is 16.4. The Balaban J connectivity index is 1.93. The van der Waals surface area contributed by atoms with Gasteiger partial charge in [-0.2, -0.15) is 0 Å². The molecule has 2 aromatic rings. The first-order valence-corrected chi connectivity index (χ1v) is 9.07. The molecule has 2 heterocycles. The Kier molecular flexibility index (Phi) is 6.03. The number of anilines is 1. The standard InChI is InChI=1S/C20H24N4O3/c1-3-10-22-19(26)17-18(14-4-6-16(7-5-14)23-13(2)25)27-20(24-17)15-8-11-21-12-9-15/h3-7,15,21H,1,8-12H2,2H3,(H,22,26)(H,23,25). The van der Waals surface area contributed by atoms with Crippen LogP contribution in [0.4, 0.5) is 5.69 Å². The van der Waals surface area contributed by atoms with E-state index in [1.54, 1.807) is 18.2 Å². The van der Waals surface area contributed by atoms with Crippen molar-refractivity contribution in [2.45, 2.75) is 25.7 Å². The molecule has 1 aromatic heterocycles. The van der Waals surface area contributed by atoms with Crippen LogP contribution < -0.4 is 16.0 Å². The van der Waals surface area contributed by atoms with Crippen molar-refractivity contribution in [2.24, 2.45) is 0 Å². The lowest BCUT2D eigenvalue weighted by atomic mass is 9.98. The molecule has 0 bridgehead atoms. The van der Waals surface area contributed by atoms with Crippen molar-refractivity contribution >= 4 is 17.5 Å². The van der Waals surface area contributed by atoms with E-state index >= 15 is 0 Å². The third-order valence-corrected chi connectivity index (χ3v) is 4.42. The molecule has 1 fully saturated rings. The molecule has 1 aliphatic heterocycles. The van der Waals surface area contributed by atoms with E-state index in [4.69, 9.17) is 4.42 Å². The molecule has 142 valence electrons. The van der Waals surface area contributed by atoms with Gasteiger partial charge >= 0.3 is 0 Å². The molecule has 0 radical (unpaired) electrons. The van der Waals surface area contributed by atoms with E-state index < -0.39 is 0 Å². The predicted octanol–water partition coefficient (Wildman–Crippen LogP) is 2.68. The van der Waals surface area contributed by atoms with Crippen molar-refractivity contribution in [1.29, 1.82) is 0 Å². The second-order valence-electron chi connectivity index (χ2n) is 6.51. The fourth-order valence-electron chi connectivity index (χ4n) is 3.09. The normalized spacial score (nSPS) is 14.6. The molecule has 0 atom stereocenters. The molecule has 1 saturated heterocycles. The van der Waals surface area contributed by atoms with Crippen molar-refractivity contribution in [1.82, 2.24) is 15.6 Å². The minimum absolute atomic E-state index is 0.139. The van der Waals surface area contributed by atoms with E-state index in [9.17, 15) is 9.59 Å². The van der Waals surface area contributed by atoms with Crippen LogP contribution in [-0.2, 0) is 4.79 Å². The van der Waals surface area contributed by atoms with Crippen LogP contribution in [0.5, 0.6) is 0 Å². The third-order valence-electron chi connectivity index (χ3n) is 4.42. The fourth-order valence-corrected chi connectivity index (χ4v) is 3.09. The minimum atomic E-state index is -0.292. The Morgan fingerprint density at radius 2 is 2.00 bits per heavy atom. The summed E-state index contributed by atoms with van der Waals surface area (Å²) in [6.45, 7) is 7.25. The lowest BCUT2D eigenvalue weighted by Gasteiger charge is -2.19. The molecule has 27 heavy (non-hydrogen) atoms. The van der Waals surface area contributed by atoms with Gasteiger partial charge in [-0.1, -0.05) is 6.08 Å². The summed E-state index contributed by atoms with van der Waals surface area (Å²) in [5.41, 5.74) is 1.69. The van der Waals surface area contributed by atoms with E-state index in [-0.39, 0.29) is 23.4 Å². The van der Waals surface area contributed by atoms with Gasteiger partial charge in [-0.3, -0.25) is 9.59 Å². The lowest BCUT2D eigenvalue weighted by Crippen LogP contribution is -2.27. The Bertz CT molecular complexity index is 820. The number of benzene rings is 1.